The normalized spacial score (nSPS) is 15.6. The third kappa shape index (κ3) is 4.21. The molecule has 0 saturated carbocycles. The molecule has 19 heavy (non-hydrogen) atoms. The second-order valence-electron chi connectivity index (χ2n) is 4.95. The van der Waals surface area contributed by atoms with Crippen LogP contribution in [0.2, 0.25) is 0 Å². The number of hydrogen-bond donors (Lipinski definition) is 1. The van der Waals surface area contributed by atoms with Crippen molar-refractivity contribution in [2.24, 2.45) is 0 Å². The van der Waals surface area contributed by atoms with E-state index in [0.29, 0.717) is 13.1 Å². The van der Waals surface area contributed by atoms with Crippen LogP contribution in [0.4, 0.5) is 13.2 Å². The highest BCUT2D eigenvalue weighted by molar-refractivity contribution is 5.33. The molecule has 1 aliphatic rings. The van der Waals surface area contributed by atoms with Crippen LogP contribution in [0.5, 0.6) is 0 Å². The van der Waals surface area contributed by atoms with E-state index in [1.165, 1.54) is 16.0 Å². The van der Waals surface area contributed by atoms with E-state index in [4.69, 9.17) is 0 Å². The summed E-state index contributed by atoms with van der Waals surface area (Å²) >= 11 is 0. The summed E-state index contributed by atoms with van der Waals surface area (Å²) in [5.41, 5.74) is 3.47. The van der Waals surface area contributed by atoms with E-state index < -0.39 is 12.7 Å². The van der Waals surface area contributed by atoms with E-state index in [9.17, 15) is 13.2 Å². The fourth-order valence-electron chi connectivity index (χ4n) is 2.42. The van der Waals surface area contributed by atoms with Gasteiger partial charge in [-0.15, -0.1) is 0 Å². The molecule has 0 bridgehead atoms. The van der Waals surface area contributed by atoms with Gasteiger partial charge >= 0.3 is 6.18 Å². The summed E-state index contributed by atoms with van der Waals surface area (Å²) < 4.78 is 37.3. The SMILES string of the molecule is CCN(Cc1ccc2c(c1)CNCC2)CC(F)(F)F. The number of alkyl halides is 3. The average molecular weight is 272 g/mol. The predicted octanol–water partition coefficient (Wildman–Crippen LogP) is 2.72. The molecule has 0 spiro atoms. The molecule has 0 saturated heterocycles. The smallest absolute Gasteiger partial charge is 0.312 e. The lowest BCUT2D eigenvalue weighted by molar-refractivity contribution is -0.146. The van der Waals surface area contributed by atoms with Crippen LogP contribution < -0.4 is 5.32 Å². The number of hydrogen-bond acceptors (Lipinski definition) is 2. The van der Waals surface area contributed by atoms with E-state index in [2.05, 4.69) is 5.32 Å². The van der Waals surface area contributed by atoms with E-state index >= 15 is 0 Å². The van der Waals surface area contributed by atoms with Crippen molar-refractivity contribution in [3.63, 3.8) is 0 Å². The Morgan fingerprint density at radius 1 is 1.26 bits per heavy atom. The van der Waals surface area contributed by atoms with E-state index in [1.807, 2.05) is 18.2 Å². The Hall–Kier alpha value is -1.07. The maximum atomic E-state index is 12.4. The quantitative estimate of drug-likeness (QED) is 0.906. The summed E-state index contributed by atoms with van der Waals surface area (Å²) in [6.07, 6.45) is -3.14. The molecule has 106 valence electrons. The molecule has 0 aromatic heterocycles. The molecule has 2 rings (SSSR count). The van der Waals surface area contributed by atoms with Gasteiger partial charge in [0.25, 0.3) is 0 Å². The third-order valence-corrected chi connectivity index (χ3v) is 3.41. The Morgan fingerprint density at radius 3 is 2.74 bits per heavy atom. The first-order valence-electron chi connectivity index (χ1n) is 6.58. The molecule has 0 unspecified atom stereocenters. The van der Waals surface area contributed by atoms with Crippen LogP contribution in [0.3, 0.4) is 0 Å². The second-order valence-corrected chi connectivity index (χ2v) is 4.95. The zero-order chi connectivity index (χ0) is 13.9. The van der Waals surface area contributed by atoms with Gasteiger partial charge in [0.15, 0.2) is 0 Å². The summed E-state index contributed by atoms with van der Waals surface area (Å²) in [6, 6.07) is 6.02. The minimum Gasteiger partial charge on any atom is -0.312 e. The van der Waals surface area contributed by atoms with Gasteiger partial charge in [0.1, 0.15) is 0 Å². The van der Waals surface area contributed by atoms with E-state index in [0.717, 1.165) is 25.1 Å². The zero-order valence-electron chi connectivity index (χ0n) is 11.1. The molecular weight excluding hydrogens is 253 g/mol. The lowest BCUT2D eigenvalue weighted by Crippen LogP contribution is -2.33. The molecule has 0 atom stereocenters. The first-order chi connectivity index (χ1) is 8.98. The molecule has 5 heteroatoms. The van der Waals surface area contributed by atoms with Crippen molar-refractivity contribution in [2.75, 3.05) is 19.6 Å². The number of rotatable bonds is 4. The molecular formula is C14H19F3N2. The molecule has 1 aliphatic heterocycles. The number of nitrogens with zero attached hydrogens (tertiary/aromatic N) is 1. The first-order valence-corrected chi connectivity index (χ1v) is 6.58. The standard InChI is InChI=1S/C14H19F3N2/c1-2-19(10-14(15,16)17)9-11-3-4-12-5-6-18-8-13(12)7-11/h3-4,7,18H,2,5-6,8-10H2,1H3. The van der Waals surface area contributed by atoms with Crippen molar-refractivity contribution in [3.05, 3.63) is 34.9 Å². The average Bonchev–Trinajstić information content (AvgIpc) is 2.36. The van der Waals surface area contributed by atoms with Gasteiger partial charge < -0.3 is 5.32 Å². The summed E-state index contributed by atoms with van der Waals surface area (Å²) in [4.78, 5) is 1.41. The molecule has 0 amide bonds. The number of fused-ring (bicyclic) bond motifs is 1. The monoisotopic (exact) mass is 272 g/mol. The Kier molecular flexibility index (Phi) is 4.47. The summed E-state index contributed by atoms with van der Waals surface area (Å²) in [7, 11) is 0. The summed E-state index contributed by atoms with van der Waals surface area (Å²) in [5, 5.41) is 3.28. The van der Waals surface area contributed by atoms with Gasteiger partial charge in [-0.3, -0.25) is 4.90 Å². The van der Waals surface area contributed by atoms with Crippen molar-refractivity contribution >= 4 is 0 Å². The first kappa shape index (κ1) is 14.3. The highest BCUT2D eigenvalue weighted by Crippen LogP contribution is 2.20. The van der Waals surface area contributed by atoms with Crippen LogP contribution in [-0.2, 0) is 19.5 Å². The summed E-state index contributed by atoms with van der Waals surface area (Å²) in [6.45, 7) is 3.44. The Labute approximate surface area is 111 Å². The van der Waals surface area contributed by atoms with Gasteiger partial charge in [0.2, 0.25) is 0 Å². The Morgan fingerprint density at radius 2 is 2.05 bits per heavy atom. The minimum absolute atomic E-state index is 0.350. The van der Waals surface area contributed by atoms with Gasteiger partial charge in [-0.1, -0.05) is 25.1 Å². The predicted molar refractivity (Wildman–Crippen MR) is 68.9 cm³/mol. The molecule has 0 aliphatic carbocycles. The van der Waals surface area contributed by atoms with Crippen molar-refractivity contribution < 1.29 is 13.2 Å². The van der Waals surface area contributed by atoms with E-state index in [-0.39, 0.29) is 0 Å². The van der Waals surface area contributed by atoms with Gasteiger partial charge in [-0.2, -0.15) is 13.2 Å². The number of nitrogens with one attached hydrogen (secondary N) is 1. The maximum absolute atomic E-state index is 12.4. The van der Waals surface area contributed by atoms with Crippen molar-refractivity contribution in [2.45, 2.75) is 32.6 Å². The fraction of sp³-hybridized carbons (Fsp3) is 0.571. The highest BCUT2D eigenvalue weighted by atomic mass is 19.4. The van der Waals surface area contributed by atoms with Crippen LogP contribution in [0.15, 0.2) is 18.2 Å². The number of benzene rings is 1. The van der Waals surface area contributed by atoms with Gasteiger partial charge in [0, 0.05) is 13.1 Å². The molecule has 0 radical (unpaired) electrons. The summed E-state index contributed by atoms with van der Waals surface area (Å²) in [5.74, 6) is 0. The fourth-order valence-corrected chi connectivity index (χ4v) is 2.42. The van der Waals surface area contributed by atoms with Crippen LogP contribution in [-0.4, -0.2) is 30.7 Å². The Bertz CT molecular complexity index is 429. The Balaban J connectivity index is 2.05. The minimum atomic E-state index is -4.13. The molecule has 1 N–H and O–H groups in total. The lowest BCUT2D eigenvalue weighted by Gasteiger charge is -2.23. The number of halogens is 3. The van der Waals surface area contributed by atoms with E-state index in [1.54, 1.807) is 6.92 Å². The van der Waals surface area contributed by atoms with Crippen molar-refractivity contribution in [3.8, 4) is 0 Å². The van der Waals surface area contributed by atoms with Crippen LogP contribution in [0.25, 0.3) is 0 Å². The largest absolute Gasteiger partial charge is 0.401 e. The topological polar surface area (TPSA) is 15.3 Å². The van der Waals surface area contributed by atoms with Crippen LogP contribution in [0.1, 0.15) is 23.6 Å². The third-order valence-electron chi connectivity index (χ3n) is 3.41. The molecule has 1 aromatic rings. The van der Waals surface area contributed by atoms with Crippen LogP contribution >= 0.6 is 0 Å². The van der Waals surface area contributed by atoms with Crippen LogP contribution in [0, 0.1) is 0 Å². The molecule has 1 aromatic carbocycles. The molecule has 2 nitrogen and oxygen atoms in total. The molecule has 0 fully saturated rings. The van der Waals surface area contributed by atoms with Gasteiger partial charge in [-0.05, 0) is 36.2 Å². The van der Waals surface area contributed by atoms with Crippen molar-refractivity contribution in [1.29, 1.82) is 0 Å². The van der Waals surface area contributed by atoms with Gasteiger partial charge in [0.05, 0.1) is 6.54 Å². The van der Waals surface area contributed by atoms with Gasteiger partial charge in [-0.25, -0.2) is 0 Å². The molecule has 1 heterocycles. The second kappa shape index (κ2) is 5.92. The zero-order valence-corrected chi connectivity index (χ0v) is 11.1. The maximum Gasteiger partial charge on any atom is 0.401 e. The lowest BCUT2D eigenvalue weighted by atomic mass is 9.98. The highest BCUT2D eigenvalue weighted by Gasteiger charge is 2.30. The van der Waals surface area contributed by atoms with Crippen molar-refractivity contribution in [1.82, 2.24) is 10.2 Å².